The van der Waals surface area contributed by atoms with Gasteiger partial charge >= 0.3 is 6.03 Å². The smallest absolute Gasteiger partial charge is 0.315 e. The number of benzene rings is 1. The van der Waals surface area contributed by atoms with Crippen LogP contribution >= 0.6 is 0 Å². The van der Waals surface area contributed by atoms with Gasteiger partial charge < -0.3 is 20.4 Å². The first kappa shape index (κ1) is 21.1. The maximum atomic E-state index is 12.6. The van der Waals surface area contributed by atoms with Crippen LogP contribution in [0.25, 0.3) is 0 Å². The highest BCUT2D eigenvalue weighted by Gasteiger charge is 2.30. The second-order valence-corrected chi connectivity index (χ2v) is 8.06. The molecule has 0 radical (unpaired) electrons. The molecule has 1 aromatic rings. The normalized spacial score (nSPS) is 17.7. The van der Waals surface area contributed by atoms with E-state index in [-0.39, 0.29) is 30.3 Å². The van der Waals surface area contributed by atoms with Crippen molar-refractivity contribution in [2.24, 2.45) is 5.92 Å². The Bertz CT molecular complexity index is 705. The van der Waals surface area contributed by atoms with Crippen LogP contribution in [0.1, 0.15) is 43.2 Å². The van der Waals surface area contributed by atoms with Crippen molar-refractivity contribution in [1.82, 2.24) is 20.4 Å². The largest absolute Gasteiger partial charge is 0.342 e. The third-order valence-electron chi connectivity index (χ3n) is 5.84. The Morgan fingerprint density at radius 2 is 1.55 bits per heavy atom. The Morgan fingerprint density at radius 3 is 2.21 bits per heavy atom. The lowest BCUT2D eigenvalue weighted by Crippen LogP contribution is -2.48. The summed E-state index contributed by atoms with van der Waals surface area (Å²) in [6.45, 7) is 5.32. The Balaban J connectivity index is 1.34. The highest BCUT2D eigenvalue weighted by molar-refractivity contribution is 5.84. The zero-order valence-electron chi connectivity index (χ0n) is 17.3. The van der Waals surface area contributed by atoms with Gasteiger partial charge in [-0.2, -0.15) is 0 Å². The van der Waals surface area contributed by atoms with Gasteiger partial charge in [-0.3, -0.25) is 9.59 Å². The predicted octanol–water partition coefficient (Wildman–Crippen LogP) is 2.05. The number of hydrogen-bond acceptors (Lipinski definition) is 3. The number of nitrogens with one attached hydrogen (secondary N) is 2. The average molecular weight is 401 g/mol. The standard InChI is InChI=1S/C22H32N4O3/c1-17-5-7-18(8-6-17)15-23-22(29)24-16-20(27)25-13-9-19(10-14-25)21(28)26-11-3-2-4-12-26/h5-8,19H,2-4,9-16H2,1H3,(H2,23,24,29). The first-order valence-corrected chi connectivity index (χ1v) is 10.7. The molecule has 7 heteroatoms. The number of carbonyl (C=O) groups excluding carboxylic acids is 3. The van der Waals surface area contributed by atoms with Crippen LogP contribution < -0.4 is 10.6 Å². The summed E-state index contributed by atoms with van der Waals surface area (Å²) in [6.07, 6.45) is 4.82. The highest BCUT2D eigenvalue weighted by Crippen LogP contribution is 2.21. The number of aryl methyl sites for hydroxylation is 1. The molecule has 2 aliphatic rings. The van der Waals surface area contributed by atoms with Crippen molar-refractivity contribution in [2.75, 3.05) is 32.7 Å². The number of piperidine rings is 2. The fourth-order valence-electron chi connectivity index (χ4n) is 3.97. The molecule has 2 heterocycles. The molecule has 0 bridgehead atoms. The molecule has 2 aliphatic heterocycles. The summed E-state index contributed by atoms with van der Waals surface area (Å²) in [5.41, 5.74) is 2.18. The molecular weight excluding hydrogens is 368 g/mol. The van der Waals surface area contributed by atoms with Crippen LogP contribution in [-0.2, 0) is 16.1 Å². The van der Waals surface area contributed by atoms with E-state index in [9.17, 15) is 14.4 Å². The van der Waals surface area contributed by atoms with Gasteiger partial charge in [0, 0.05) is 38.6 Å². The summed E-state index contributed by atoms with van der Waals surface area (Å²) in [4.78, 5) is 40.7. The monoisotopic (exact) mass is 400 g/mol. The molecule has 0 aromatic heterocycles. The summed E-state index contributed by atoms with van der Waals surface area (Å²) in [5.74, 6) is 0.188. The molecule has 0 spiro atoms. The average Bonchev–Trinajstić information content (AvgIpc) is 2.77. The fraction of sp³-hybridized carbons (Fsp3) is 0.591. The zero-order valence-corrected chi connectivity index (χ0v) is 17.3. The lowest BCUT2D eigenvalue weighted by atomic mass is 9.94. The lowest BCUT2D eigenvalue weighted by Gasteiger charge is -2.35. The van der Waals surface area contributed by atoms with Crippen molar-refractivity contribution >= 4 is 17.8 Å². The van der Waals surface area contributed by atoms with E-state index < -0.39 is 0 Å². The SMILES string of the molecule is Cc1ccc(CNC(=O)NCC(=O)N2CCC(C(=O)N3CCCCC3)CC2)cc1. The van der Waals surface area contributed by atoms with Crippen LogP contribution in [0.5, 0.6) is 0 Å². The first-order valence-electron chi connectivity index (χ1n) is 10.7. The van der Waals surface area contributed by atoms with E-state index in [4.69, 9.17) is 0 Å². The maximum Gasteiger partial charge on any atom is 0.315 e. The van der Waals surface area contributed by atoms with Crippen molar-refractivity contribution in [3.05, 3.63) is 35.4 Å². The Kier molecular flexibility index (Phi) is 7.49. The second kappa shape index (κ2) is 10.3. The number of likely N-dealkylation sites (tertiary alicyclic amines) is 2. The van der Waals surface area contributed by atoms with E-state index in [0.717, 1.165) is 31.5 Å². The van der Waals surface area contributed by atoms with Gasteiger partial charge in [0.1, 0.15) is 0 Å². The van der Waals surface area contributed by atoms with Crippen molar-refractivity contribution in [3.63, 3.8) is 0 Å². The van der Waals surface area contributed by atoms with Crippen molar-refractivity contribution in [3.8, 4) is 0 Å². The highest BCUT2D eigenvalue weighted by atomic mass is 16.2. The maximum absolute atomic E-state index is 12.6. The van der Waals surface area contributed by atoms with Crippen LogP contribution in [0.2, 0.25) is 0 Å². The van der Waals surface area contributed by atoms with E-state index in [2.05, 4.69) is 10.6 Å². The number of urea groups is 1. The summed E-state index contributed by atoms with van der Waals surface area (Å²) < 4.78 is 0. The quantitative estimate of drug-likeness (QED) is 0.794. The molecule has 0 saturated carbocycles. The van der Waals surface area contributed by atoms with Gasteiger partial charge in [0.05, 0.1) is 6.54 Å². The molecule has 7 nitrogen and oxygen atoms in total. The molecule has 4 amide bonds. The molecule has 0 aliphatic carbocycles. The molecule has 0 unspecified atom stereocenters. The van der Waals surface area contributed by atoms with E-state index in [1.807, 2.05) is 36.1 Å². The van der Waals surface area contributed by atoms with Crippen LogP contribution in [0.3, 0.4) is 0 Å². The number of amides is 4. The van der Waals surface area contributed by atoms with E-state index in [0.29, 0.717) is 32.5 Å². The summed E-state index contributed by atoms with van der Waals surface area (Å²) >= 11 is 0. The minimum Gasteiger partial charge on any atom is -0.342 e. The number of rotatable bonds is 5. The Labute approximate surface area is 172 Å². The van der Waals surface area contributed by atoms with E-state index in [1.165, 1.54) is 12.0 Å². The minimum absolute atomic E-state index is 0.0233. The fourth-order valence-corrected chi connectivity index (χ4v) is 3.97. The molecule has 1 aromatic carbocycles. The van der Waals surface area contributed by atoms with Crippen molar-refractivity contribution in [1.29, 1.82) is 0 Å². The summed E-state index contributed by atoms with van der Waals surface area (Å²) in [6, 6.07) is 7.58. The molecule has 3 rings (SSSR count). The number of carbonyl (C=O) groups is 3. The molecule has 2 saturated heterocycles. The molecule has 2 fully saturated rings. The molecular formula is C22H32N4O3. The van der Waals surface area contributed by atoms with Crippen molar-refractivity contribution in [2.45, 2.75) is 45.6 Å². The van der Waals surface area contributed by atoms with Crippen LogP contribution in [-0.4, -0.2) is 60.4 Å². The van der Waals surface area contributed by atoms with E-state index >= 15 is 0 Å². The van der Waals surface area contributed by atoms with Crippen molar-refractivity contribution < 1.29 is 14.4 Å². The third-order valence-corrected chi connectivity index (χ3v) is 5.84. The lowest BCUT2D eigenvalue weighted by molar-refractivity contribution is -0.141. The van der Waals surface area contributed by atoms with Gasteiger partial charge in [0.25, 0.3) is 0 Å². The Hall–Kier alpha value is -2.57. The van der Waals surface area contributed by atoms with Gasteiger partial charge in [-0.15, -0.1) is 0 Å². The van der Waals surface area contributed by atoms with Gasteiger partial charge in [-0.1, -0.05) is 29.8 Å². The summed E-state index contributed by atoms with van der Waals surface area (Å²) in [7, 11) is 0. The minimum atomic E-state index is -0.353. The molecule has 0 atom stereocenters. The first-order chi connectivity index (χ1) is 14.0. The predicted molar refractivity (Wildman–Crippen MR) is 111 cm³/mol. The molecule has 2 N–H and O–H groups in total. The van der Waals surface area contributed by atoms with Crippen LogP contribution in [0.15, 0.2) is 24.3 Å². The summed E-state index contributed by atoms with van der Waals surface area (Å²) in [5, 5.41) is 5.39. The van der Waals surface area contributed by atoms with Crippen LogP contribution in [0.4, 0.5) is 4.79 Å². The topological polar surface area (TPSA) is 81.8 Å². The number of hydrogen-bond donors (Lipinski definition) is 2. The Morgan fingerprint density at radius 1 is 0.897 bits per heavy atom. The molecule has 158 valence electrons. The third kappa shape index (κ3) is 6.21. The number of nitrogens with zero attached hydrogens (tertiary/aromatic N) is 2. The van der Waals surface area contributed by atoms with Gasteiger partial charge in [0.2, 0.25) is 11.8 Å². The zero-order chi connectivity index (χ0) is 20.6. The second-order valence-electron chi connectivity index (χ2n) is 8.06. The van der Waals surface area contributed by atoms with E-state index in [1.54, 1.807) is 4.90 Å². The van der Waals surface area contributed by atoms with Gasteiger partial charge in [-0.25, -0.2) is 4.79 Å². The van der Waals surface area contributed by atoms with Gasteiger partial charge in [0.15, 0.2) is 0 Å². The molecule has 29 heavy (non-hydrogen) atoms. The van der Waals surface area contributed by atoms with Gasteiger partial charge in [-0.05, 0) is 44.6 Å². The van der Waals surface area contributed by atoms with Crippen LogP contribution in [0, 0.1) is 12.8 Å².